The molecule has 3 rings (SSSR count). The van der Waals surface area contributed by atoms with E-state index in [1.165, 1.54) is 18.4 Å². The maximum atomic E-state index is 12.1. The summed E-state index contributed by atoms with van der Waals surface area (Å²) in [5.74, 6) is 0.562. The SMILES string of the molecule is Cc1cc(N2C[C@@H](CS(=O)(=O)N(C)C)[C@H](O)C2)nc(-c2ccccc2O)n1. The Labute approximate surface area is 159 Å². The van der Waals surface area contributed by atoms with Crippen LogP contribution in [0.25, 0.3) is 11.4 Å². The predicted octanol–water partition coefficient (Wildman–Crippen LogP) is 0.846. The van der Waals surface area contributed by atoms with Gasteiger partial charge in [0.05, 0.1) is 17.4 Å². The molecule has 0 aliphatic carbocycles. The van der Waals surface area contributed by atoms with Crippen LogP contribution >= 0.6 is 0 Å². The molecule has 0 radical (unpaired) electrons. The van der Waals surface area contributed by atoms with E-state index in [0.717, 1.165) is 5.69 Å². The number of phenols is 1. The van der Waals surface area contributed by atoms with Gasteiger partial charge >= 0.3 is 0 Å². The molecule has 8 nitrogen and oxygen atoms in total. The quantitative estimate of drug-likeness (QED) is 0.777. The van der Waals surface area contributed by atoms with Gasteiger partial charge in [-0.1, -0.05) is 12.1 Å². The van der Waals surface area contributed by atoms with E-state index >= 15 is 0 Å². The Bertz CT molecular complexity index is 933. The number of aliphatic hydroxyl groups is 1. The molecule has 2 atom stereocenters. The smallest absolute Gasteiger partial charge is 0.214 e. The van der Waals surface area contributed by atoms with E-state index < -0.39 is 22.0 Å². The summed E-state index contributed by atoms with van der Waals surface area (Å²) in [6.45, 7) is 2.50. The highest BCUT2D eigenvalue weighted by atomic mass is 32.2. The third-order valence-corrected chi connectivity index (χ3v) is 6.66. The second kappa shape index (κ2) is 7.41. The third kappa shape index (κ3) is 4.20. The van der Waals surface area contributed by atoms with Gasteiger partial charge < -0.3 is 15.1 Å². The first-order valence-electron chi connectivity index (χ1n) is 8.64. The zero-order chi connectivity index (χ0) is 19.8. The van der Waals surface area contributed by atoms with Crippen LogP contribution in [0.15, 0.2) is 30.3 Å². The number of hydrogen-bond acceptors (Lipinski definition) is 7. The summed E-state index contributed by atoms with van der Waals surface area (Å²) >= 11 is 0. The number of sulfonamides is 1. The van der Waals surface area contributed by atoms with Crippen LogP contribution in [0.1, 0.15) is 5.69 Å². The molecule has 0 amide bonds. The van der Waals surface area contributed by atoms with Crippen LogP contribution in [0.2, 0.25) is 0 Å². The predicted molar refractivity (Wildman–Crippen MR) is 103 cm³/mol. The first-order valence-corrected chi connectivity index (χ1v) is 10.3. The Balaban J connectivity index is 1.86. The molecule has 1 aliphatic rings. The number of β-amino-alcohol motifs (C(OH)–C–C–N with tert-alkyl or cyclic N) is 1. The van der Waals surface area contributed by atoms with Gasteiger partial charge in [0, 0.05) is 44.9 Å². The van der Waals surface area contributed by atoms with Gasteiger partial charge in [0.1, 0.15) is 11.6 Å². The molecule has 9 heteroatoms. The molecule has 2 heterocycles. The van der Waals surface area contributed by atoms with Gasteiger partial charge in [-0.05, 0) is 19.1 Å². The molecular weight excluding hydrogens is 368 g/mol. The topological polar surface area (TPSA) is 107 Å². The van der Waals surface area contributed by atoms with E-state index in [9.17, 15) is 18.6 Å². The van der Waals surface area contributed by atoms with Crippen LogP contribution in [0.4, 0.5) is 5.82 Å². The maximum Gasteiger partial charge on any atom is 0.214 e. The number of phenolic OH excluding ortho intramolecular Hbond substituents is 1. The third-order valence-electron chi connectivity index (χ3n) is 4.70. The van der Waals surface area contributed by atoms with Crippen LogP contribution in [-0.4, -0.2) is 71.9 Å². The molecule has 27 heavy (non-hydrogen) atoms. The standard InChI is InChI=1S/C18H24N4O4S/c1-12-8-17(20-18(19-12)14-6-4-5-7-15(14)23)22-9-13(16(24)10-22)11-27(25,26)21(2)3/h4-8,13,16,23-24H,9-11H2,1-3H3/t13-,16+/m0/s1. The van der Waals surface area contributed by atoms with E-state index in [4.69, 9.17) is 0 Å². The minimum atomic E-state index is -3.40. The van der Waals surface area contributed by atoms with Crippen molar-refractivity contribution >= 4 is 15.8 Å². The van der Waals surface area contributed by atoms with Crippen molar-refractivity contribution < 1.29 is 18.6 Å². The fraction of sp³-hybridized carbons (Fsp3) is 0.444. The van der Waals surface area contributed by atoms with E-state index in [2.05, 4.69) is 9.97 Å². The number of anilines is 1. The summed E-state index contributed by atoms with van der Waals surface area (Å²) in [6.07, 6.45) is -0.761. The fourth-order valence-electron chi connectivity index (χ4n) is 3.12. The fourth-order valence-corrected chi connectivity index (χ4v) is 4.29. The van der Waals surface area contributed by atoms with Gasteiger partial charge in [-0.15, -0.1) is 0 Å². The van der Waals surface area contributed by atoms with E-state index in [1.807, 2.05) is 11.8 Å². The van der Waals surface area contributed by atoms with Crippen molar-refractivity contribution in [2.75, 3.05) is 37.8 Å². The van der Waals surface area contributed by atoms with E-state index in [0.29, 0.717) is 30.3 Å². The summed E-state index contributed by atoms with van der Waals surface area (Å²) in [5, 5.41) is 20.4. The minimum absolute atomic E-state index is 0.0884. The average Bonchev–Trinajstić information content (AvgIpc) is 2.95. The lowest BCUT2D eigenvalue weighted by Crippen LogP contribution is -2.33. The number of hydrogen-bond donors (Lipinski definition) is 2. The number of aromatic nitrogens is 2. The number of aromatic hydroxyl groups is 1. The molecular formula is C18H24N4O4S. The number of para-hydroxylation sites is 1. The Morgan fingerprint density at radius 3 is 2.59 bits per heavy atom. The number of aryl methyl sites for hydroxylation is 1. The van der Waals surface area contributed by atoms with Crippen molar-refractivity contribution in [1.29, 1.82) is 0 Å². The summed E-state index contributed by atoms with van der Waals surface area (Å²) in [6, 6.07) is 8.62. The number of aliphatic hydroxyl groups excluding tert-OH is 1. The first kappa shape index (κ1) is 19.5. The molecule has 0 saturated carbocycles. The van der Waals surface area contributed by atoms with Crippen molar-refractivity contribution in [3.63, 3.8) is 0 Å². The van der Waals surface area contributed by atoms with Gasteiger partial charge in [-0.25, -0.2) is 22.7 Å². The number of rotatable bonds is 5. The summed E-state index contributed by atoms with van der Waals surface area (Å²) < 4.78 is 25.5. The lowest BCUT2D eigenvalue weighted by molar-refractivity contribution is 0.157. The van der Waals surface area contributed by atoms with Crippen LogP contribution in [0.3, 0.4) is 0 Å². The Hall–Kier alpha value is -2.23. The molecule has 1 aromatic carbocycles. The van der Waals surface area contributed by atoms with E-state index in [-0.39, 0.29) is 11.5 Å². The average molecular weight is 392 g/mol. The van der Waals surface area contributed by atoms with Gasteiger partial charge in [-0.2, -0.15) is 0 Å². The summed E-state index contributed by atoms with van der Waals surface area (Å²) in [5.41, 5.74) is 1.24. The molecule has 146 valence electrons. The second-order valence-electron chi connectivity index (χ2n) is 7.00. The van der Waals surface area contributed by atoms with Gasteiger partial charge in [0.15, 0.2) is 5.82 Å². The monoisotopic (exact) mass is 392 g/mol. The lowest BCUT2D eigenvalue weighted by Gasteiger charge is -2.19. The van der Waals surface area contributed by atoms with Crippen LogP contribution in [0, 0.1) is 12.8 Å². The largest absolute Gasteiger partial charge is 0.507 e. The lowest BCUT2D eigenvalue weighted by atomic mass is 10.1. The zero-order valence-corrected chi connectivity index (χ0v) is 16.4. The van der Waals surface area contributed by atoms with Crippen molar-refractivity contribution in [3.8, 4) is 17.1 Å². The molecule has 1 saturated heterocycles. The van der Waals surface area contributed by atoms with Crippen LogP contribution in [-0.2, 0) is 10.0 Å². The highest BCUT2D eigenvalue weighted by Crippen LogP contribution is 2.30. The van der Waals surface area contributed by atoms with Gasteiger partial charge in [-0.3, -0.25) is 0 Å². The van der Waals surface area contributed by atoms with Crippen molar-refractivity contribution in [2.24, 2.45) is 5.92 Å². The number of benzene rings is 1. The van der Waals surface area contributed by atoms with Crippen molar-refractivity contribution in [1.82, 2.24) is 14.3 Å². The molecule has 1 fully saturated rings. The van der Waals surface area contributed by atoms with Crippen LogP contribution in [0.5, 0.6) is 5.75 Å². The zero-order valence-electron chi connectivity index (χ0n) is 15.6. The van der Waals surface area contributed by atoms with Gasteiger partial charge in [0.25, 0.3) is 0 Å². The van der Waals surface area contributed by atoms with Gasteiger partial charge in [0.2, 0.25) is 10.0 Å². The van der Waals surface area contributed by atoms with Crippen molar-refractivity contribution in [2.45, 2.75) is 13.0 Å². The molecule has 2 N–H and O–H groups in total. The summed E-state index contributed by atoms with van der Waals surface area (Å²) in [7, 11) is -0.430. The second-order valence-corrected chi connectivity index (χ2v) is 9.23. The first-order chi connectivity index (χ1) is 12.7. The Morgan fingerprint density at radius 2 is 1.93 bits per heavy atom. The number of nitrogens with zero attached hydrogens (tertiary/aromatic N) is 4. The van der Waals surface area contributed by atoms with Crippen molar-refractivity contribution in [3.05, 3.63) is 36.0 Å². The molecule has 0 spiro atoms. The Kier molecular flexibility index (Phi) is 5.36. The highest BCUT2D eigenvalue weighted by Gasteiger charge is 2.36. The highest BCUT2D eigenvalue weighted by molar-refractivity contribution is 7.89. The molecule has 0 bridgehead atoms. The molecule has 2 aromatic rings. The molecule has 1 aromatic heterocycles. The molecule has 1 aliphatic heterocycles. The maximum absolute atomic E-state index is 12.1. The molecule has 0 unspecified atom stereocenters. The normalized spacial score (nSPS) is 20.4. The summed E-state index contributed by atoms with van der Waals surface area (Å²) in [4.78, 5) is 10.8. The Morgan fingerprint density at radius 1 is 1.22 bits per heavy atom. The van der Waals surface area contributed by atoms with Crippen LogP contribution < -0.4 is 4.90 Å². The minimum Gasteiger partial charge on any atom is -0.507 e. The van der Waals surface area contributed by atoms with E-state index in [1.54, 1.807) is 30.3 Å².